The van der Waals surface area contributed by atoms with Crippen LogP contribution in [0.5, 0.6) is 11.5 Å². The van der Waals surface area contributed by atoms with Gasteiger partial charge in [-0.1, -0.05) is 24.3 Å². The van der Waals surface area contributed by atoms with Crippen LogP contribution in [-0.2, 0) is 4.74 Å². The monoisotopic (exact) mass is 304 g/mol. The Morgan fingerprint density at radius 2 is 1.36 bits per heavy atom. The van der Waals surface area contributed by atoms with Gasteiger partial charge >= 0.3 is 11.9 Å². The zero-order valence-electron chi connectivity index (χ0n) is 11.9. The predicted molar refractivity (Wildman–Crippen MR) is 79.1 cm³/mol. The van der Waals surface area contributed by atoms with Gasteiger partial charge in [0.15, 0.2) is 0 Å². The van der Waals surface area contributed by atoms with Crippen molar-refractivity contribution in [2.45, 2.75) is 6.92 Å². The minimum absolute atomic E-state index is 0.0454. The van der Waals surface area contributed by atoms with Crippen molar-refractivity contribution >= 4 is 11.9 Å². The zero-order chi connectivity index (χ0) is 16.5. The van der Waals surface area contributed by atoms with Gasteiger partial charge in [0.25, 0.3) is 0 Å². The highest BCUT2D eigenvalue weighted by atomic mass is 16.5. The molecule has 0 atom stereocenters. The van der Waals surface area contributed by atoms with Gasteiger partial charge in [-0.25, -0.2) is 9.59 Å². The number of phenolic OH excluding ortho intramolecular Hbond substituents is 1. The second-order valence-electron chi connectivity index (χ2n) is 4.06. The van der Waals surface area contributed by atoms with Crippen molar-refractivity contribution < 1.29 is 29.6 Å². The molecule has 0 aliphatic carbocycles. The van der Waals surface area contributed by atoms with Gasteiger partial charge in [0.2, 0.25) is 0 Å². The number of phenols is 2. The number of esters is 1. The van der Waals surface area contributed by atoms with Crippen LogP contribution in [0.2, 0.25) is 0 Å². The van der Waals surface area contributed by atoms with Gasteiger partial charge in [0.05, 0.1) is 6.61 Å². The van der Waals surface area contributed by atoms with Gasteiger partial charge in [0.1, 0.15) is 22.6 Å². The lowest BCUT2D eigenvalue weighted by Crippen LogP contribution is -2.04. The lowest BCUT2D eigenvalue weighted by Gasteiger charge is -2.02. The summed E-state index contributed by atoms with van der Waals surface area (Å²) in [5.41, 5.74) is 0.141. The fourth-order valence-electron chi connectivity index (χ4n) is 1.51. The summed E-state index contributed by atoms with van der Waals surface area (Å²) in [6, 6.07) is 12.1. The molecule has 0 aliphatic heterocycles. The van der Waals surface area contributed by atoms with E-state index in [1.807, 2.05) is 0 Å². The molecule has 0 saturated heterocycles. The van der Waals surface area contributed by atoms with E-state index in [1.165, 1.54) is 24.3 Å². The molecule has 6 heteroatoms. The molecular weight excluding hydrogens is 288 g/mol. The Kier molecular flexibility index (Phi) is 6.43. The first kappa shape index (κ1) is 17.0. The molecule has 0 unspecified atom stereocenters. The average molecular weight is 304 g/mol. The molecule has 0 heterocycles. The third kappa shape index (κ3) is 4.82. The van der Waals surface area contributed by atoms with Crippen LogP contribution in [0.15, 0.2) is 48.5 Å². The fraction of sp³-hybridized carbons (Fsp3) is 0.125. The molecule has 2 aromatic rings. The molecule has 0 spiro atoms. The number of aromatic carboxylic acids is 1. The molecule has 0 aromatic heterocycles. The standard InChI is InChI=1S/C9H10O3.C7H6O3/c1-2-12-9(11)7-5-3-4-6-8(7)10;8-6-4-2-1-3-5(6)7(9)10/h3-6,10H,2H2,1H3;1-4,8H,(H,9,10). The number of para-hydroxylation sites is 2. The number of carbonyl (C=O) groups excluding carboxylic acids is 1. The third-order valence-electron chi connectivity index (χ3n) is 2.53. The van der Waals surface area contributed by atoms with Crippen LogP contribution in [0.3, 0.4) is 0 Å². The van der Waals surface area contributed by atoms with Crippen molar-refractivity contribution in [3.8, 4) is 11.5 Å². The molecule has 2 rings (SSSR count). The van der Waals surface area contributed by atoms with Crippen LogP contribution >= 0.6 is 0 Å². The number of ether oxygens (including phenoxy) is 1. The first-order valence-electron chi connectivity index (χ1n) is 6.43. The number of hydrogen-bond donors (Lipinski definition) is 3. The summed E-state index contributed by atoms with van der Waals surface area (Å²) >= 11 is 0. The molecular formula is C16H16O6. The predicted octanol–water partition coefficient (Wildman–Crippen LogP) is 2.66. The zero-order valence-corrected chi connectivity index (χ0v) is 11.9. The lowest BCUT2D eigenvalue weighted by atomic mass is 10.2. The quantitative estimate of drug-likeness (QED) is 0.753. The Morgan fingerprint density at radius 1 is 0.909 bits per heavy atom. The number of carboxylic acids is 1. The van der Waals surface area contributed by atoms with Crippen LogP contribution in [0, 0.1) is 0 Å². The van der Waals surface area contributed by atoms with E-state index in [2.05, 4.69) is 0 Å². The van der Waals surface area contributed by atoms with E-state index in [4.69, 9.17) is 14.9 Å². The summed E-state index contributed by atoms with van der Waals surface area (Å²) in [7, 11) is 0. The van der Waals surface area contributed by atoms with E-state index in [0.717, 1.165) is 0 Å². The van der Waals surface area contributed by atoms with Crippen LogP contribution < -0.4 is 0 Å². The third-order valence-corrected chi connectivity index (χ3v) is 2.53. The lowest BCUT2D eigenvalue weighted by molar-refractivity contribution is 0.0522. The maximum absolute atomic E-state index is 11.1. The van der Waals surface area contributed by atoms with Crippen molar-refractivity contribution in [3.05, 3.63) is 59.7 Å². The van der Waals surface area contributed by atoms with E-state index >= 15 is 0 Å². The summed E-state index contributed by atoms with van der Waals surface area (Å²) in [6.45, 7) is 2.03. The normalized spacial score (nSPS) is 9.32. The molecule has 0 aliphatic rings. The van der Waals surface area contributed by atoms with Crippen LogP contribution in [-0.4, -0.2) is 33.9 Å². The molecule has 116 valence electrons. The number of rotatable bonds is 3. The minimum atomic E-state index is -1.11. The largest absolute Gasteiger partial charge is 0.507 e. The Hall–Kier alpha value is -3.02. The molecule has 3 N–H and O–H groups in total. The van der Waals surface area contributed by atoms with E-state index in [-0.39, 0.29) is 22.6 Å². The summed E-state index contributed by atoms with van der Waals surface area (Å²) in [5.74, 6) is -1.85. The van der Waals surface area contributed by atoms with E-state index < -0.39 is 11.9 Å². The van der Waals surface area contributed by atoms with Gasteiger partial charge in [-0.05, 0) is 31.2 Å². The molecule has 0 bridgehead atoms. The molecule has 0 fully saturated rings. The smallest absolute Gasteiger partial charge is 0.341 e. The number of hydrogen-bond acceptors (Lipinski definition) is 5. The van der Waals surface area contributed by atoms with Crippen molar-refractivity contribution in [2.24, 2.45) is 0 Å². The average Bonchev–Trinajstić information content (AvgIpc) is 2.48. The molecule has 2 aromatic carbocycles. The molecule has 0 saturated carbocycles. The van der Waals surface area contributed by atoms with E-state index in [1.54, 1.807) is 31.2 Å². The number of carbonyl (C=O) groups is 2. The number of carboxylic acid groups (broad SMARTS) is 1. The highest BCUT2D eigenvalue weighted by Crippen LogP contribution is 2.16. The van der Waals surface area contributed by atoms with Gasteiger partial charge < -0.3 is 20.1 Å². The van der Waals surface area contributed by atoms with E-state index in [0.29, 0.717) is 6.61 Å². The SMILES string of the molecule is CCOC(=O)c1ccccc1O.O=C(O)c1ccccc1O. The van der Waals surface area contributed by atoms with E-state index in [9.17, 15) is 14.7 Å². The Balaban J connectivity index is 0.000000224. The van der Waals surface area contributed by atoms with Crippen LogP contribution in [0.25, 0.3) is 0 Å². The topological polar surface area (TPSA) is 104 Å². The second-order valence-corrected chi connectivity index (χ2v) is 4.06. The highest BCUT2D eigenvalue weighted by molar-refractivity contribution is 5.92. The first-order chi connectivity index (χ1) is 10.5. The highest BCUT2D eigenvalue weighted by Gasteiger charge is 2.09. The first-order valence-corrected chi connectivity index (χ1v) is 6.43. The summed E-state index contributed by atoms with van der Waals surface area (Å²) in [6.07, 6.45) is 0. The summed E-state index contributed by atoms with van der Waals surface area (Å²) < 4.78 is 4.71. The van der Waals surface area contributed by atoms with Crippen molar-refractivity contribution in [1.29, 1.82) is 0 Å². The Labute approximate surface area is 127 Å². The Morgan fingerprint density at radius 3 is 1.73 bits per heavy atom. The van der Waals surface area contributed by atoms with Crippen molar-refractivity contribution in [2.75, 3.05) is 6.61 Å². The van der Waals surface area contributed by atoms with Gasteiger partial charge in [-0.3, -0.25) is 0 Å². The number of aromatic hydroxyl groups is 2. The van der Waals surface area contributed by atoms with Gasteiger partial charge in [-0.2, -0.15) is 0 Å². The summed E-state index contributed by atoms with van der Waals surface area (Å²) in [4.78, 5) is 21.3. The molecule has 22 heavy (non-hydrogen) atoms. The van der Waals surface area contributed by atoms with Gasteiger partial charge in [0, 0.05) is 0 Å². The van der Waals surface area contributed by atoms with Crippen LogP contribution in [0.4, 0.5) is 0 Å². The maximum atomic E-state index is 11.1. The fourth-order valence-corrected chi connectivity index (χ4v) is 1.51. The Bertz CT molecular complexity index is 651. The van der Waals surface area contributed by atoms with Crippen molar-refractivity contribution in [3.63, 3.8) is 0 Å². The maximum Gasteiger partial charge on any atom is 0.341 e. The summed E-state index contributed by atoms with van der Waals surface area (Å²) in [5, 5.41) is 26.5. The minimum Gasteiger partial charge on any atom is -0.507 e. The number of benzene rings is 2. The molecule has 0 amide bonds. The van der Waals surface area contributed by atoms with Gasteiger partial charge in [-0.15, -0.1) is 0 Å². The molecule has 6 nitrogen and oxygen atoms in total. The van der Waals surface area contributed by atoms with Crippen LogP contribution in [0.1, 0.15) is 27.6 Å². The van der Waals surface area contributed by atoms with Crippen molar-refractivity contribution in [1.82, 2.24) is 0 Å². The molecule has 0 radical (unpaired) electrons. The second kappa shape index (κ2) is 8.31.